The Bertz CT molecular complexity index is 821. The van der Waals surface area contributed by atoms with Gasteiger partial charge in [0.25, 0.3) is 17.5 Å². The highest BCUT2D eigenvalue weighted by Crippen LogP contribution is 2.30. The highest BCUT2D eigenvalue weighted by molar-refractivity contribution is 6.24. The highest BCUT2D eigenvalue weighted by Gasteiger charge is 2.42. The lowest BCUT2D eigenvalue weighted by Crippen LogP contribution is -2.49. The number of carbonyl (C=O) groups excluding carboxylic acids is 4. The van der Waals surface area contributed by atoms with E-state index in [2.05, 4.69) is 10.1 Å². The number of hydrogen-bond donors (Lipinski definition) is 1. The first-order chi connectivity index (χ1) is 12.7. The van der Waals surface area contributed by atoms with Crippen LogP contribution in [-0.4, -0.2) is 53.2 Å². The largest absolute Gasteiger partial charge is 0.467 e. The van der Waals surface area contributed by atoms with Gasteiger partial charge in [0.05, 0.1) is 17.6 Å². The van der Waals surface area contributed by atoms with Gasteiger partial charge in [-0.15, -0.1) is 0 Å². The smallest absolute Gasteiger partial charge is 0.328 e. The molecule has 0 saturated carbocycles. The zero-order chi connectivity index (χ0) is 20.3. The summed E-state index contributed by atoms with van der Waals surface area (Å²) in [6.45, 7) is 2.91. The predicted molar refractivity (Wildman–Crippen MR) is 91.9 cm³/mol. The number of benzene rings is 1. The quantitative estimate of drug-likeness (QED) is 0.322. The van der Waals surface area contributed by atoms with Crippen LogP contribution in [0, 0.1) is 16.0 Å². The summed E-state index contributed by atoms with van der Waals surface area (Å²) < 4.78 is 4.67. The minimum Gasteiger partial charge on any atom is -0.467 e. The molecule has 1 aliphatic rings. The number of hydrogen-bond acceptors (Lipinski definition) is 7. The van der Waals surface area contributed by atoms with Crippen LogP contribution in [0.4, 0.5) is 5.69 Å². The van der Waals surface area contributed by atoms with Crippen LogP contribution in [0.15, 0.2) is 18.2 Å². The van der Waals surface area contributed by atoms with Crippen LogP contribution < -0.4 is 5.32 Å². The van der Waals surface area contributed by atoms with E-state index in [1.54, 1.807) is 6.92 Å². The van der Waals surface area contributed by atoms with Crippen molar-refractivity contribution in [3.63, 3.8) is 0 Å². The highest BCUT2D eigenvalue weighted by atomic mass is 16.6. The molecule has 144 valence electrons. The summed E-state index contributed by atoms with van der Waals surface area (Å²) in [5, 5.41) is 13.6. The Morgan fingerprint density at radius 2 is 1.96 bits per heavy atom. The number of ether oxygens (including phenoxy) is 1. The third-order valence-corrected chi connectivity index (χ3v) is 4.46. The Morgan fingerprint density at radius 3 is 2.52 bits per heavy atom. The maximum absolute atomic E-state index is 12.5. The van der Waals surface area contributed by atoms with E-state index < -0.39 is 46.9 Å². The molecule has 0 aliphatic carbocycles. The Morgan fingerprint density at radius 1 is 1.30 bits per heavy atom. The van der Waals surface area contributed by atoms with Crippen molar-refractivity contribution in [3.8, 4) is 0 Å². The molecule has 1 heterocycles. The molecule has 0 unspecified atom stereocenters. The summed E-state index contributed by atoms with van der Waals surface area (Å²) in [6.07, 6.45) is 0.583. The number of nitrogens with zero attached hydrogens (tertiary/aromatic N) is 2. The first kappa shape index (κ1) is 20.0. The van der Waals surface area contributed by atoms with Gasteiger partial charge in [0.15, 0.2) is 0 Å². The van der Waals surface area contributed by atoms with Crippen molar-refractivity contribution < 1.29 is 28.8 Å². The molecule has 2 rings (SSSR count). The number of nitrogens with one attached hydrogen (secondary N) is 1. The van der Waals surface area contributed by atoms with Gasteiger partial charge in [-0.05, 0) is 12.0 Å². The summed E-state index contributed by atoms with van der Waals surface area (Å²) in [6, 6.07) is 2.76. The van der Waals surface area contributed by atoms with E-state index in [9.17, 15) is 29.3 Å². The minimum atomic E-state index is -0.933. The number of fused-ring (bicyclic) bond motifs is 1. The van der Waals surface area contributed by atoms with Gasteiger partial charge < -0.3 is 10.1 Å². The lowest BCUT2D eigenvalue weighted by atomic mass is 9.99. The standard InChI is InChI=1S/C17H19N3O7/c1-4-9(2)14(17(24)27-3)18-12(21)8-19-15(22)10-6-5-7-11(20(25)26)13(10)16(19)23/h5-7,9,14H,4,8H2,1-3H3,(H,18,21)/t9-,14+/m0/s1. The number of nitro benzene ring substituents is 1. The molecule has 27 heavy (non-hydrogen) atoms. The first-order valence-electron chi connectivity index (χ1n) is 8.23. The summed E-state index contributed by atoms with van der Waals surface area (Å²) >= 11 is 0. The van der Waals surface area contributed by atoms with Crippen molar-refractivity contribution in [1.82, 2.24) is 10.2 Å². The molecule has 0 saturated heterocycles. The lowest BCUT2D eigenvalue weighted by Gasteiger charge is -2.23. The molecule has 1 aromatic carbocycles. The number of esters is 1. The topological polar surface area (TPSA) is 136 Å². The maximum atomic E-state index is 12.5. The van der Waals surface area contributed by atoms with Crippen LogP contribution in [-0.2, 0) is 14.3 Å². The van der Waals surface area contributed by atoms with E-state index in [-0.39, 0.29) is 17.0 Å². The van der Waals surface area contributed by atoms with Gasteiger partial charge in [-0.25, -0.2) is 4.79 Å². The first-order valence-corrected chi connectivity index (χ1v) is 8.23. The van der Waals surface area contributed by atoms with Crippen molar-refractivity contribution in [2.45, 2.75) is 26.3 Å². The Balaban J connectivity index is 2.20. The van der Waals surface area contributed by atoms with Gasteiger partial charge in [0.2, 0.25) is 5.91 Å². The molecule has 0 bridgehead atoms. The normalized spacial score (nSPS) is 15.1. The second-order valence-electron chi connectivity index (χ2n) is 6.11. The zero-order valence-electron chi connectivity index (χ0n) is 15.1. The van der Waals surface area contributed by atoms with Crippen molar-refractivity contribution >= 4 is 29.4 Å². The number of rotatable bonds is 7. The van der Waals surface area contributed by atoms with Crippen LogP contribution >= 0.6 is 0 Å². The molecule has 10 heteroatoms. The zero-order valence-corrected chi connectivity index (χ0v) is 15.1. The van der Waals surface area contributed by atoms with E-state index in [4.69, 9.17) is 0 Å². The molecule has 0 spiro atoms. The number of nitro groups is 1. The third-order valence-electron chi connectivity index (χ3n) is 4.46. The maximum Gasteiger partial charge on any atom is 0.328 e. The fourth-order valence-corrected chi connectivity index (χ4v) is 2.77. The molecule has 1 N–H and O–H groups in total. The Hall–Kier alpha value is -3.30. The fourth-order valence-electron chi connectivity index (χ4n) is 2.77. The second kappa shape index (κ2) is 7.94. The monoisotopic (exact) mass is 377 g/mol. The van der Waals surface area contributed by atoms with Crippen LogP contribution in [0.3, 0.4) is 0 Å². The molecule has 2 atom stereocenters. The van der Waals surface area contributed by atoms with Gasteiger partial charge in [0.1, 0.15) is 18.2 Å². The van der Waals surface area contributed by atoms with E-state index in [1.165, 1.54) is 19.2 Å². The van der Waals surface area contributed by atoms with Crippen molar-refractivity contribution in [2.24, 2.45) is 5.92 Å². The van der Waals surface area contributed by atoms with Crippen LogP contribution in [0.2, 0.25) is 0 Å². The number of imide groups is 1. The molecule has 10 nitrogen and oxygen atoms in total. The average molecular weight is 377 g/mol. The van der Waals surface area contributed by atoms with Crippen molar-refractivity contribution in [2.75, 3.05) is 13.7 Å². The fraction of sp³-hybridized carbons (Fsp3) is 0.412. The minimum absolute atomic E-state index is 0.131. The molecule has 0 aromatic heterocycles. The SMILES string of the molecule is CC[C@H](C)[C@@H](NC(=O)CN1C(=O)c2cccc([N+](=O)[O-])c2C1=O)C(=O)OC. The van der Waals surface area contributed by atoms with Crippen LogP contribution in [0.25, 0.3) is 0 Å². The molecule has 1 aromatic rings. The van der Waals surface area contributed by atoms with Gasteiger partial charge >= 0.3 is 5.97 Å². The van der Waals surface area contributed by atoms with Crippen molar-refractivity contribution in [1.29, 1.82) is 0 Å². The van der Waals surface area contributed by atoms with Crippen LogP contribution in [0.1, 0.15) is 41.0 Å². The van der Waals surface area contributed by atoms with Crippen molar-refractivity contribution in [3.05, 3.63) is 39.4 Å². The predicted octanol–water partition coefficient (Wildman–Crippen LogP) is 0.895. The number of amides is 3. The lowest BCUT2D eigenvalue weighted by molar-refractivity contribution is -0.385. The van der Waals surface area contributed by atoms with E-state index >= 15 is 0 Å². The Kier molecular flexibility index (Phi) is 5.88. The van der Waals surface area contributed by atoms with Gasteiger partial charge in [0, 0.05) is 6.07 Å². The molecule has 1 aliphatic heterocycles. The molecule has 0 fully saturated rings. The number of carbonyl (C=O) groups is 4. The molecular weight excluding hydrogens is 358 g/mol. The summed E-state index contributed by atoms with van der Waals surface area (Å²) in [4.78, 5) is 60.0. The van der Waals surface area contributed by atoms with Gasteiger partial charge in [-0.2, -0.15) is 0 Å². The average Bonchev–Trinajstić information content (AvgIpc) is 2.89. The van der Waals surface area contributed by atoms with Gasteiger partial charge in [-0.3, -0.25) is 29.4 Å². The van der Waals surface area contributed by atoms with E-state index in [0.717, 1.165) is 6.07 Å². The summed E-state index contributed by atoms with van der Waals surface area (Å²) in [5.41, 5.74) is -0.971. The molecular formula is C17H19N3O7. The number of methoxy groups -OCH3 is 1. The van der Waals surface area contributed by atoms with E-state index in [0.29, 0.717) is 11.3 Å². The molecule has 0 radical (unpaired) electrons. The Labute approximate surface area is 154 Å². The summed E-state index contributed by atoms with van der Waals surface area (Å²) in [5.74, 6) is -3.34. The third kappa shape index (κ3) is 3.78. The molecule has 3 amide bonds. The second-order valence-corrected chi connectivity index (χ2v) is 6.11. The van der Waals surface area contributed by atoms with Gasteiger partial charge in [-0.1, -0.05) is 26.3 Å². The van der Waals surface area contributed by atoms with E-state index in [1.807, 2.05) is 6.92 Å². The summed E-state index contributed by atoms with van der Waals surface area (Å²) in [7, 11) is 1.19. The van der Waals surface area contributed by atoms with Crippen LogP contribution in [0.5, 0.6) is 0 Å².